The Morgan fingerprint density at radius 1 is 1.26 bits per heavy atom. The molecule has 0 aliphatic carbocycles. The summed E-state index contributed by atoms with van der Waals surface area (Å²) in [5.41, 5.74) is 1.47. The Balaban J connectivity index is 0.00000341. The van der Waals surface area contributed by atoms with Crippen LogP contribution in [0.1, 0.15) is 19.8 Å². The molecule has 0 radical (unpaired) electrons. The molecule has 1 aliphatic heterocycles. The van der Waals surface area contributed by atoms with E-state index < -0.39 is 0 Å². The van der Waals surface area contributed by atoms with Crippen molar-refractivity contribution in [3.8, 4) is 5.75 Å². The van der Waals surface area contributed by atoms with Crippen LogP contribution in [0.2, 0.25) is 0 Å². The number of anilines is 2. The van der Waals surface area contributed by atoms with Crippen LogP contribution in [0.5, 0.6) is 5.75 Å². The molecule has 31 heavy (non-hydrogen) atoms. The second-order valence-electron chi connectivity index (χ2n) is 7.20. The molecule has 1 heterocycles. The normalized spacial score (nSPS) is 16.3. The number of carbonyl (C=O) groups is 1. The smallest absolute Gasteiger partial charge is 0.246 e. The summed E-state index contributed by atoms with van der Waals surface area (Å²) in [5.74, 6) is 0.230. The Bertz CT molecular complexity index is 878. The first-order valence-electron chi connectivity index (χ1n) is 10.2. The van der Waals surface area contributed by atoms with E-state index in [-0.39, 0.29) is 54.0 Å². The van der Waals surface area contributed by atoms with Gasteiger partial charge in [0.05, 0.1) is 0 Å². The maximum absolute atomic E-state index is 13.6. The topological polar surface area (TPSA) is 89.0 Å². The molecule has 4 N–H and O–H groups in total. The minimum atomic E-state index is -0.247. The zero-order chi connectivity index (χ0) is 21.3. The Morgan fingerprint density at radius 3 is 2.74 bits per heavy atom. The van der Waals surface area contributed by atoms with Gasteiger partial charge in [-0.3, -0.25) is 4.79 Å². The molecule has 0 saturated carbocycles. The zero-order valence-electron chi connectivity index (χ0n) is 17.5. The number of guanidine groups is 1. The number of benzene rings is 2. The van der Waals surface area contributed by atoms with Crippen molar-refractivity contribution in [2.75, 3.05) is 36.4 Å². The minimum absolute atomic E-state index is 0. The van der Waals surface area contributed by atoms with E-state index in [1.54, 1.807) is 24.3 Å². The molecule has 1 fully saturated rings. The molecule has 2 aromatic rings. The van der Waals surface area contributed by atoms with Crippen LogP contribution in [0, 0.1) is 5.82 Å². The summed E-state index contributed by atoms with van der Waals surface area (Å²) >= 11 is 0. The van der Waals surface area contributed by atoms with E-state index in [1.807, 2.05) is 13.0 Å². The maximum atomic E-state index is 13.6. The van der Waals surface area contributed by atoms with Crippen molar-refractivity contribution in [1.82, 2.24) is 10.6 Å². The Morgan fingerprint density at radius 2 is 2.03 bits per heavy atom. The van der Waals surface area contributed by atoms with Crippen molar-refractivity contribution in [2.45, 2.75) is 25.8 Å². The first-order chi connectivity index (χ1) is 14.5. The SMILES string of the molecule is CCNC(=NCC(=O)Nc1ccc(O)cc1)NC1CCCN(c2cccc(F)c2)C1.I. The summed E-state index contributed by atoms with van der Waals surface area (Å²) in [7, 11) is 0. The highest BCUT2D eigenvalue weighted by Crippen LogP contribution is 2.20. The van der Waals surface area contributed by atoms with Crippen molar-refractivity contribution in [2.24, 2.45) is 4.99 Å². The molecule has 1 atom stereocenters. The first kappa shape index (κ1) is 24.7. The standard InChI is InChI=1S/C22H28FN5O2.HI/c1-2-24-22(25-14-21(30)26-17-8-10-20(29)11-9-17)27-18-6-4-12-28(15-18)19-7-3-5-16(23)13-19;/h3,5,7-11,13,18,29H,2,4,6,12,14-15H2,1H3,(H,26,30)(H2,24,25,27);1H. The largest absolute Gasteiger partial charge is 0.508 e. The Labute approximate surface area is 199 Å². The van der Waals surface area contributed by atoms with Crippen LogP contribution in [0.4, 0.5) is 15.8 Å². The van der Waals surface area contributed by atoms with Crippen LogP contribution in [-0.4, -0.2) is 49.2 Å². The summed E-state index contributed by atoms with van der Waals surface area (Å²) in [5, 5.41) is 18.6. The molecule has 1 amide bonds. The van der Waals surface area contributed by atoms with Gasteiger partial charge in [-0.05, 0) is 62.2 Å². The molecule has 168 valence electrons. The van der Waals surface area contributed by atoms with Crippen LogP contribution < -0.4 is 20.9 Å². The lowest BCUT2D eigenvalue weighted by Gasteiger charge is -2.35. The summed E-state index contributed by atoms with van der Waals surface area (Å²) in [4.78, 5) is 18.7. The van der Waals surface area contributed by atoms with Crippen molar-refractivity contribution in [3.63, 3.8) is 0 Å². The van der Waals surface area contributed by atoms with Gasteiger partial charge in [0, 0.05) is 37.1 Å². The number of hydrogen-bond acceptors (Lipinski definition) is 4. The minimum Gasteiger partial charge on any atom is -0.508 e. The van der Waals surface area contributed by atoms with Gasteiger partial charge in [0.1, 0.15) is 18.1 Å². The number of aliphatic imine (C=N–C) groups is 1. The van der Waals surface area contributed by atoms with E-state index in [2.05, 4.69) is 25.8 Å². The third-order valence-electron chi connectivity index (χ3n) is 4.81. The third kappa shape index (κ3) is 7.89. The van der Waals surface area contributed by atoms with E-state index in [1.165, 1.54) is 18.2 Å². The molecule has 1 saturated heterocycles. The highest BCUT2D eigenvalue weighted by Gasteiger charge is 2.21. The lowest BCUT2D eigenvalue weighted by Crippen LogP contribution is -2.51. The van der Waals surface area contributed by atoms with Crippen LogP contribution in [0.25, 0.3) is 0 Å². The van der Waals surface area contributed by atoms with Crippen LogP contribution in [0.3, 0.4) is 0 Å². The molecule has 0 bridgehead atoms. The van der Waals surface area contributed by atoms with E-state index in [4.69, 9.17) is 0 Å². The van der Waals surface area contributed by atoms with Crippen molar-refractivity contribution in [3.05, 3.63) is 54.3 Å². The molecule has 9 heteroatoms. The summed E-state index contributed by atoms with van der Waals surface area (Å²) in [6.45, 7) is 4.22. The average Bonchev–Trinajstić information content (AvgIpc) is 2.74. The van der Waals surface area contributed by atoms with E-state index in [0.29, 0.717) is 18.2 Å². The van der Waals surface area contributed by atoms with Gasteiger partial charge in [-0.15, -0.1) is 24.0 Å². The zero-order valence-corrected chi connectivity index (χ0v) is 19.8. The van der Waals surface area contributed by atoms with E-state index in [9.17, 15) is 14.3 Å². The molecule has 2 aromatic carbocycles. The van der Waals surface area contributed by atoms with Crippen molar-refractivity contribution >= 4 is 47.2 Å². The number of amides is 1. The van der Waals surface area contributed by atoms with Crippen molar-refractivity contribution in [1.29, 1.82) is 0 Å². The molecular formula is C22H29FIN5O2. The van der Waals surface area contributed by atoms with Gasteiger partial charge < -0.3 is 26.0 Å². The highest BCUT2D eigenvalue weighted by atomic mass is 127. The molecule has 1 aliphatic rings. The molecule has 7 nitrogen and oxygen atoms in total. The molecular weight excluding hydrogens is 512 g/mol. The second-order valence-corrected chi connectivity index (χ2v) is 7.20. The number of rotatable bonds is 6. The number of nitrogens with one attached hydrogen (secondary N) is 3. The summed E-state index contributed by atoms with van der Waals surface area (Å²) in [6, 6.07) is 13.1. The van der Waals surface area contributed by atoms with Gasteiger partial charge in [0.2, 0.25) is 5.91 Å². The third-order valence-corrected chi connectivity index (χ3v) is 4.81. The van der Waals surface area contributed by atoms with Gasteiger partial charge in [0.25, 0.3) is 0 Å². The fourth-order valence-electron chi connectivity index (χ4n) is 3.41. The number of carbonyl (C=O) groups excluding carboxylic acids is 1. The average molecular weight is 541 g/mol. The molecule has 3 rings (SSSR count). The second kappa shape index (κ2) is 12.3. The lowest BCUT2D eigenvalue weighted by molar-refractivity contribution is -0.114. The van der Waals surface area contributed by atoms with Gasteiger partial charge in [-0.1, -0.05) is 6.07 Å². The first-order valence-corrected chi connectivity index (χ1v) is 10.2. The van der Waals surface area contributed by atoms with E-state index in [0.717, 1.165) is 31.6 Å². The van der Waals surface area contributed by atoms with Crippen LogP contribution in [0.15, 0.2) is 53.5 Å². The van der Waals surface area contributed by atoms with E-state index >= 15 is 0 Å². The number of hydrogen-bond donors (Lipinski definition) is 4. The number of aromatic hydroxyl groups is 1. The van der Waals surface area contributed by atoms with Crippen LogP contribution >= 0.6 is 24.0 Å². The number of phenolic OH excluding ortho intramolecular Hbond substituents is 1. The Kier molecular flexibility index (Phi) is 9.83. The van der Waals surface area contributed by atoms with Gasteiger partial charge in [0.15, 0.2) is 5.96 Å². The summed E-state index contributed by atoms with van der Waals surface area (Å²) < 4.78 is 13.6. The molecule has 1 unspecified atom stereocenters. The quantitative estimate of drug-likeness (QED) is 0.195. The van der Waals surface area contributed by atoms with Crippen molar-refractivity contribution < 1.29 is 14.3 Å². The van der Waals surface area contributed by atoms with Gasteiger partial charge in [-0.25, -0.2) is 9.38 Å². The predicted octanol–water partition coefficient (Wildman–Crippen LogP) is 3.31. The maximum Gasteiger partial charge on any atom is 0.246 e. The number of nitrogens with zero attached hydrogens (tertiary/aromatic N) is 2. The fraction of sp³-hybridized carbons (Fsp3) is 0.364. The summed E-state index contributed by atoms with van der Waals surface area (Å²) in [6.07, 6.45) is 1.95. The Hall–Kier alpha value is -2.56. The van der Waals surface area contributed by atoms with Gasteiger partial charge in [-0.2, -0.15) is 0 Å². The number of halogens is 2. The predicted molar refractivity (Wildman–Crippen MR) is 133 cm³/mol. The monoisotopic (exact) mass is 541 g/mol. The molecule has 0 spiro atoms. The van der Waals surface area contributed by atoms with Crippen LogP contribution in [-0.2, 0) is 4.79 Å². The number of piperidine rings is 1. The van der Waals surface area contributed by atoms with Gasteiger partial charge >= 0.3 is 0 Å². The highest BCUT2D eigenvalue weighted by molar-refractivity contribution is 14.0. The fourth-order valence-corrected chi connectivity index (χ4v) is 3.41. The molecule has 0 aromatic heterocycles. The number of phenols is 1. The lowest BCUT2D eigenvalue weighted by atomic mass is 10.0.